The lowest BCUT2D eigenvalue weighted by Gasteiger charge is -2.23. The lowest BCUT2D eigenvalue weighted by molar-refractivity contribution is -0.143. The second kappa shape index (κ2) is 12.2. The molecule has 0 fully saturated rings. The Kier molecular flexibility index (Phi) is 11.2. The molecule has 4 unspecified atom stereocenters. The number of carboxylic acids is 2. The maximum atomic E-state index is 12.3. The largest absolute Gasteiger partial charge is 0.481 e. The van der Waals surface area contributed by atoms with Crippen molar-refractivity contribution in [3.8, 4) is 0 Å². The van der Waals surface area contributed by atoms with Gasteiger partial charge in [0.25, 0.3) is 0 Å². The summed E-state index contributed by atoms with van der Waals surface area (Å²) in [5, 5.41) is 24.9. The van der Waals surface area contributed by atoms with Crippen LogP contribution in [0.1, 0.15) is 33.6 Å². The lowest BCUT2D eigenvalue weighted by atomic mass is 10.0. The number of carbonyl (C=O) groups excluding carboxylic acids is 3. The molecule has 0 aromatic carbocycles. The van der Waals surface area contributed by atoms with E-state index in [-0.39, 0.29) is 18.1 Å². The number of rotatable bonds is 12. The fourth-order valence-electron chi connectivity index (χ4n) is 2.11. The zero-order chi connectivity index (χ0) is 22.0. The van der Waals surface area contributed by atoms with Crippen LogP contribution in [0.25, 0.3) is 0 Å². The molecule has 160 valence electrons. The van der Waals surface area contributed by atoms with Crippen molar-refractivity contribution in [2.24, 2.45) is 11.7 Å². The molecule has 7 N–H and O–H groups in total. The molecule has 0 aliphatic rings. The van der Waals surface area contributed by atoms with Gasteiger partial charge in [-0.1, -0.05) is 13.8 Å². The van der Waals surface area contributed by atoms with Gasteiger partial charge in [0.05, 0.1) is 12.5 Å². The Bertz CT molecular complexity index is 600. The summed E-state index contributed by atoms with van der Waals surface area (Å²) in [6.07, 6.45) is -0.530. The van der Waals surface area contributed by atoms with Crippen molar-refractivity contribution in [2.75, 3.05) is 5.75 Å². The molecule has 12 heteroatoms. The Morgan fingerprint density at radius 2 is 1.43 bits per heavy atom. The second-order valence-corrected chi connectivity index (χ2v) is 7.07. The molecule has 0 saturated carbocycles. The maximum absolute atomic E-state index is 12.3. The molecule has 0 saturated heterocycles. The highest BCUT2D eigenvalue weighted by molar-refractivity contribution is 7.80. The van der Waals surface area contributed by atoms with E-state index in [4.69, 9.17) is 15.9 Å². The fourth-order valence-corrected chi connectivity index (χ4v) is 2.28. The third-order valence-electron chi connectivity index (χ3n) is 3.62. The molecular weight excluding hydrogens is 392 g/mol. The van der Waals surface area contributed by atoms with E-state index in [2.05, 4.69) is 28.6 Å². The van der Waals surface area contributed by atoms with Gasteiger partial charge >= 0.3 is 11.9 Å². The number of hydrogen-bond donors (Lipinski definition) is 7. The number of nitrogens with one attached hydrogen (secondary N) is 3. The average molecular weight is 420 g/mol. The van der Waals surface area contributed by atoms with Crippen molar-refractivity contribution in [1.29, 1.82) is 0 Å². The van der Waals surface area contributed by atoms with E-state index < -0.39 is 60.2 Å². The molecular formula is C16H28N4O7S. The van der Waals surface area contributed by atoms with Crippen LogP contribution in [0.2, 0.25) is 0 Å². The van der Waals surface area contributed by atoms with E-state index in [1.54, 1.807) is 13.8 Å². The summed E-state index contributed by atoms with van der Waals surface area (Å²) < 4.78 is 0. The molecule has 0 radical (unpaired) electrons. The number of thiol groups is 1. The van der Waals surface area contributed by atoms with Crippen LogP contribution in [-0.4, -0.2) is 69.8 Å². The van der Waals surface area contributed by atoms with Crippen molar-refractivity contribution >= 4 is 42.3 Å². The van der Waals surface area contributed by atoms with Crippen molar-refractivity contribution in [3.05, 3.63) is 0 Å². The summed E-state index contributed by atoms with van der Waals surface area (Å²) >= 11 is 3.85. The Hall–Kier alpha value is -2.34. The van der Waals surface area contributed by atoms with E-state index in [1.807, 2.05) is 0 Å². The topological polar surface area (TPSA) is 188 Å². The van der Waals surface area contributed by atoms with Crippen molar-refractivity contribution in [1.82, 2.24) is 16.0 Å². The standard InChI is InChI=1S/C16H28N4O7S/c1-7(2)4-11(16(26)27)20-13(23)8(3)18-15(25)10(5-12(21)22)19-14(24)9(17)6-28/h7-11,28H,4-6,17H2,1-3H3,(H,18,25)(H,19,24)(H,20,23)(H,21,22)(H,26,27). The molecule has 0 aromatic rings. The maximum Gasteiger partial charge on any atom is 0.326 e. The number of carbonyl (C=O) groups is 5. The quantitative estimate of drug-likeness (QED) is 0.182. The normalized spacial score (nSPS) is 15.1. The van der Waals surface area contributed by atoms with Gasteiger partial charge in [-0.25, -0.2) is 4.79 Å². The third kappa shape index (κ3) is 9.55. The highest BCUT2D eigenvalue weighted by Crippen LogP contribution is 2.05. The molecule has 0 rings (SSSR count). The highest BCUT2D eigenvalue weighted by Gasteiger charge is 2.29. The summed E-state index contributed by atoms with van der Waals surface area (Å²) in [4.78, 5) is 58.5. The van der Waals surface area contributed by atoms with Crippen LogP contribution in [0.5, 0.6) is 0 Å². The van der Waals surface area contributed by atoms with Crippen LogP contribution in [0.3, 0.4) is 0 Å². The van der Waals surface area contributed by atoms with Crippen LogP contribution in [0.4, 0.5) is 0 Å². The summed E-state index contributed by atoms with van der Waals surface area (Å²) in [5.41, 5.74) is 5.48. The number of amides is 3. The van der Waals surface area contributed by atoms with E-state index >= 15 is 0 Å². The molecule has 11 nitrogen and oxygen atoms in total. The molecule has 3 amide bonds. The van der Waals surface area contributed by atoms with Gasteiger partial charge in [-0.2, -0.15) is 12.6 Å². The first-order chi connectivity index (χ1) is 12.9. The third-order valence-corrected chi connectivity index (χ3v) is 4.01. The van der Waals surface area contributed by atoms with Gasteiger partial charge in [-0.3, -0.25) is 19.2 Å². The average Bonchev–Trinajstić information content (AvgIpc) is 2.58. The molecule has 0 spiro atoms. The Balaban J connectivity index is 5.02. The van der Waals surface area contributed by atoms with Gasteiger partial charge in [0.1, 0.15) is 18.1 Å². The van der Waals surface area contributed by atoms with Crippen LogP contribution < -0.4 is 21.7 Å². The van der Waals surface area contributed by atoms with E-state index in [0.717, 1.165) is 0 Å². The van der Waals surface area contributed by atoms with E-state index in [0.29, 0.717) is 0 Å². The minimum Gasteiger partial charge on any atom is -0.481 e. The Morgan fingerprint density at radius 1 is 0.893 bits per heavy atom. The first kappa shape index (κ1) is 25.7. The molecule has 0 aliphatic carbocycles. The number of carboxylic acid groups (broad SMARTS) is 2. The van der Waals surface area contributed by atoms with E-state index in [1.165, 1.54) is 6.92 Å². The molecule has 0 bridgehead atoms. The summed E-state index contributed by atoms with van der Waals surface area (Å²) in [7, 11) is 0. The minimum absolute atomic E-state index is 0.0116. The van der Waals surface area contributed by atoms with Crippen molar-refractivity contribution < 1.29 is 34.2 Å². The zero-order valence-corrected chi connectivity index (χ0v) is 16.9. The molecule has 28 heavy (non-hydrogen) atoms. The van der Waals surface area contributed by atoms with Gasteiger partial charge in [0.2, 0.25) is 17.7 Å². The fraction of sp³-hybridized carbons (Fsp3) is 0.688. The summed E-state index contributed by atoms with van der Waals surface area (Å²) in [6, 6.07) is -4.79. The van der Waals surface area contributed by atoms with Gasteiger partial charge in [-0.15, -0.1) is 0 Å². The second-order valence-electron chi connectivity index (χ2n) is 6.71. The van der Waals surface area contributed by atoms with Gasteiger partial charge in [0.15, 0.2) is 0 Å². The van der Waals surface area contributed by atoms with Crippen molar-refractivity contribution in [3.63, 3.8) is 0 Å². The number of hydrogen-bond acceptors (Lipinski definition) is 7. The van der Waals surface area contributed by atoms with Crippen LogP contribution in [0.15, 0.2) is 0 Å². The highest BCUT2D eigenvalue weighted by atomic mass is 32.1. The molecule has 0 aliphatic heterocycles. The van der Waals surface area contributed by atoms with Crippen LogP contribution in [-0.2, 0) is 24.0 Å². The molecule has 0 heterocycles. The first-order valence-electron chi connectivity index (χ1n) is 8.61. The minimum atomic E-state index is -1.46. The predicted molar refractivity (Wildman–Crippen MR) is 103 cm³/mol. The molecule has 0 aromatic heterocycles. The number of aliphatic carboxylic acids is 2. The predicted octanol–water partition coefficient (Wildman–Crippen LogP) is -1.68. The van der Waals surface area contributed by atoms with Gasteiger partial charge < -0.3 is 31.9 Å². The Labute approximate surface area is 168 Å². The lowest BCUT2D eigenvalue weighted by Crippen LogP contribution is -2.57. The number of nitrogens with two attached hydrogens (primary N) is 1. The SMILES string of the molecule is CC(C)CC(NC(=O)C(C)NC(=O)C(CC(=O)O)NC(=O)C(N)CS)C(=O)O. The van der Waals surface area contributed by atoms with Gasteiger partial charge in [0, 0.05) is 5.75 Å². The summed E-state index contributed by atoms with van der Waals surface area (Å²) in [5.74, 6) is -5.00. The summed E-state index contributed by atoms with van der Waals surface area (Å²) in [6.45, 7) is 4.89. The van der Waals surface area contributed by atoms with Crippen LogP contribution >= 0.6 is 12.6 Å². The van der Waals surface area contributed by atoms with Gasteiger partial charge in [-0.05, 0) is 19.3 Å². The monoisotopic (exact) mass is 420 g/mol. The smallest absolute Gasteiger partial charge is 0.326 e. The van der Waals surface area contributed by atoms with Crippen molar-refractivity contribution in [2.45, 2.75) is 57.8 Å². The van der Waals surface area contributed by atoms with E-state index in [9.17, 15) is 24.0 Å². The van der Waals surface area contributed by atoms with Crippen LogP contribution in [0, 0.1) is 5.92 Å². The molecule has 4 atom stereocenters. The first-order valence-corrected chi connectivity index (χ1v) is 9.24. The zero-order valence-electron chi connectivity index (χ0n) is 16.0. The Morgan fingerprint density at radius 3 is 1.86 bits per heavy atom.